The van der Waals surface area contributed by atoms with Gasteiger partial charge in [-0.05, 0) is 81.4 Å². The molecule has 2 saturated heterocycles. The molecule has 1 aromatic carbocycles. The minimum atomic E-state index is -0.716. The highest BCUT2D eigenvalue weighted by atomic mass is 16.4. The van der Waals surface area contributed by atoms with Crippen LogP contribution in [0.25, 0.3) is 11.0 Å². The van der Waals surface area contributed by atoms with Gasteiger partial charge in [0.15, 0.2) is 0 Å². The molecule has 6 heteroatoms. The van der Waals surface area contributed by atoms with Crippen molar-refractivity contribution in [2.45, 2.75) is 89.1 Å². The molecule has 1 N–H and O–H groups in total. The van der Waals surface area contributed by atoms with Crippen molar-refractivity contribution in [1.29, 1.82) is 0 Å². The standard InChI is InChI=1S/C30H44N4O2/c35-30(36)21-32-13-5-8-24(20-32)19-29-31-27-9-3-4-10-28(27)34(29)25-11-14-33(15-12-25)26-17-22-6-1-2-7-23(16-22)18-26/h3-4,9-10,22-26H,1-2,5-8,11-21H2,(H,35,36)/t22-,23+,24-,26-/m0/s1. The van der Waals surface area contributed by atoms with Crippen LogP contribution in [0.1, 0.15) is 82.5 Å². The molecule has 2 aromatic rings. The number of benzene rings is 1. The second-order valence-electron chi connectivity index (χ2n) is 12.4. The number of likely N-dealkylation sites (tertiary alicyclic amines) is 2. The first-order valence-electron chi connectivity index (χ1n) is 14.8. The van der Waals surface area contributed by atoms with Gasteiger partial charge in [-0.2, -0.15) is 0 Å². The van der Waals surface area contributed by atoms with Crippen LogP contribution in [0.3, 0.4) is 0 Å². The van der Waals surface area contributed by atoms with Crippen LogP contribution in [0.2, 0.25) is 0 Å². The van der Waals surface area contributed by atoms with Gasteiger partial charge < -0.3 is 14.6 Å². The van der Waals surface area contributed by atoms with Gasteiger partial charge >= 0.3 is 5.97 Å². The fourth-order valence-electron chi connectivity index (χ4n) is 8.23. The van der Waals surface area contributed by atoms with Crippen LogP contribution in [0.4, 0.5) is 0 Å². The molecule has 4 fully saturated rings. The van der Waals surface area contributed by atoms with E-state index in [2.05, 4.69) is 38.6 Å². The molecule has 36 heavy (non-hydrogen) atoms. The highest BCUT2D eigenvalue weighted by Gasteiger charge is 2.35. The molecule has 0 radical (unpaired) electrons. The van der Waals surface area contributed by atoms with Crippen molar-refractivity contribution in [2.75, 3.05) is 32.7 Å². The van der Waals surface area contributed by atoms with Gasteiger partial charge in [0.1, 0.15) is 5.82 Å². The Bertz CT molecular complexity index is 1030. The molecule has 0 unspecified atom stereocenters. The first kappa shape index (κ1) is 24.4. The summed E-state index contributed by atoms with van der Waals surface area (Å²) in [6.45, 7) is 4.37. The summed E-state index contributed by atoms with van der Waals surface area (Å²) in [5, 5.41) is 9.26. The molecule has 2 bridgehead atoms. The van der Waals surface area contributed by atoms with Crippen molar-refractivity contribution in [1.82, 2.24) is 19.4 Å². The Labute approximate surface area is 216 Å². The molecule has 196 valence electrons. The Morgan fingerprint density at radius 2 is 1.64 bits per heavy atom. The zero-order chi connectivity index (χ0) is 24.5. The monoisotopic (exact) mass is 492 g/mol. The topological polar surface area (TPSA) is 61.6 Å². The van der Waals surface area contributed by atoms with Crippen LogP contribution >= 0.6 is 0 Å². The SMILES string of the molecule is O=C(O)CN1CCC[C@@H](Cc2nc3ccccc3n2C2CCN([C@@H]3C[C@@H]4CCCC[C@@H](C4)C3)CC2)C1. The number of carbonyl (C=O) groups is 1. The van der Waals surface area contributed by atoms with Crippen LogP contribution in [0, 0.1) is 17.8 Å². The molecule has 2 saturated carbocycles. The quantitative estimate of drug-likeness (QED) is 0.587. The van der Waals surface area contributed by atoms with E-state index < -0.39 is 5.97 Å². The molecule has 3 heterocycles. The number of rotatable bonds is 6. The smallest absolute Gasteiger partial charge is 0.317 e. The summed E-state index contributed by atoms with van der Waals surface area (Å²) in [5.74, 6) is 2.95. The zero-order valence-electron chi connectivity index (χ0n) is 21.9. The Hall–Kier alpha value is -1.92. The van der Waals surface area contributed by atoms with Crippen LogP contribution < -0.4 is 0 Å². The lowest BCUT2D eigenvalue weighted by Gasteiger charge is -2.43. The molecule has 1 aromatic heterocycles. The van der Waals surface area contributed by atoms with Crippen molar-refractivity contribution < 1.29 is 9.90 Å². The van der Waals surface area contributed by atoms with Crippen molar-refractivity contribution in [3.8, 4) is 0 Å². The van der Waals surface area contributed by atoms with Gasteiger partial charge in [-0.25, -0.2) is 4.98 Å². The van der Waals surface area contributed by atoms with Crippen LogP contribution in [-0.2, 0) is 11.2 Å². The normalized spacial score (nSPS) is 30.9. The minimum Gasteiger partial charge on any atom is -0.480 e. The predicted molar refractivity (Wildman–Crippen MR) is 143 cm³/mol. The first-order valence-corrected chi connectivity index (χ1v) is 14.8. The molecular formula is C30H44N4O2. The summed E-state index contributed by atoms with van der Waals surface area (Å²) < 4.78 is 2.59. The van der Waals surface area contributed by atoms with E-state index in [0.29, 0.717) is 12.0 Å². The third kappa shape index (κ3) is 5.35. The highest BCUT2D eigenvalue weighted by molar-refractivity contribution is 5.76. The van der Waals surface area contributed by atoms with Crippen molar-refractivity contribution in [2.24, 2.45) is 17.8 Å². The molecule has 2 aliphatic heterocycles. The fraction of sp³-hybridized carbons (Fsp3) is 0.733. The van der Waals surface area contributed by atoms with E-state index in [1.165, 1.54) is 88.6 Å². The maximum Gasteiger partial charge on any atom is 0.317 e. The molecule has 6 rings (SSSR count). The van der Waals surface area contributed by atoms with E-state index in [0.717, 1.165) is 49.3 Å². The summed E-state index contributed by atoms with van der Waals surface area (Å²) in [5.41, 5.74) is 2.40. The summed E-state index contributed by atoms with van der Waals surface area (Å²) in [6, 6.07) is 10.00. The number of imidazole rings is 1. The average Bonchev–Trinajstić information content (AvgIpc) is 3.15. The number of carboxylic acid groups (broad SMARTS) is 1. The second kappa shape index (κ2) is 10.8. The number of aromatic nitrogens is 2. The van der Waals surface area contributed by atoms with Crippen LogP contribution in [0.5, 0.6) is 0 Å². The summed E-state index contributed by atoms with van der Waals surface area (Å²) in [6.07, 6.45) is 15.9. The average molecular weight is 493 g/mol. The van der Waals surface area contributed by atoms with Gasteiger partial charge in [0.05, 0.1) is 17.6 Å². The zero-order valence-corrected chi connectivity index (χ0v) is 21.9. The maximum atomic E-state index is 11.3. The molecule has 0 amide bonds. The van der Waals surface area contributed by atoms with Crippen LogP contribution in [0.15, 0.2) is 24.3 Å². The summed E-state index contributed by atoms with van der Waals surface area (Å²) in [7, 11) is 0. The Morgan fingerprint density at radius 1 is 0.889 bits per heavy atom. The number of piperidine rings is 2. The number of hydrogen-bond donors (Lipinski definition) is 1. The third-order valence-corrected chi connectivity index (χ3v) is 9.83. The Kier molecular flexibility index (Phi) is 7.34. The molecule has 2 aliphatic carbocycles. The third-order valence-electron chi connectivity index (χ3n) is 9.83. The van der Waals surface area contributed by atoms with E-state index in [-0.39, 0.29) is 6.54 Å². The van der Waals surface area contributed by atoms with E-state index in [1.54, 1.807) is 0 Å². The molecule has 0 spiro atoms. The minimum absolute atomic E-state index is 0.161. The van der Waals surface area contributed by atoms with E-state index in [9.17, 15) is 9.90 Å². The van der Waals surface area contributed by atoms with Crippen molar-refractivity contribution in [3.05, 3.63) is 30.1 Å². The van der Waals surface area contributed by atoms with E-state index >= 15 is 0 Å². The van der Waals surface area contributed by atoms with E-state index in [1.807, 2.05) is 0 Å². The summed E-state index contributed by atoms with van der Waals surface area (Å²) >= 11 is 0. The number of hydrogen-bond acceptors (Lipinski definition) is 4. The number of nitrogens with zero attached hydrogens (tertiary/aromatic N) is 4. The van der Waals surface area contributed by atoms with Gasteiger partial charge in [0, 0.05) is 38.1 Å². The van der Waals surface area contributed by atoms with Gasteiger partial charge in [0.2, 0.25) is 0 Å². The first-order chi connectivity index (χ1) is 17.6. The molecular weight excluding hydrogens is 448 g/mol. The van der Waals surface area contributed by atoms with E-state index in [4.69, 9.17) is 4.98 Å². The molecule has 4 aliphatic rings. The fourth-order valence-corrected chi connectivity index (χ4v) is 8.23. The Morgan fingerprint density at radius 3 is 2.39 bits per heavy atom. The number of fused-ring (bicyclic) bond motifs is 3. The summed E-state index contributed by atoms with van der Waals surface area (Å²) in [4.78, 5) is 21.4. The highest BCUT2D eigenvalue weighted by Crippen LogP contribution is 2.41. The largest absolute Gasteiger partial charge is 0.480 e. The molecule has 6 nitrogen and oxygen atoms in total. The molecule has 4 atom stereocenters. The second-order valence-corrected chi connectivity index (χ2v) is 12.4. The van der Waals surface area contributed by atoms with Gasteiger partial charge in [0.25, 0.3) is 0 Å². The van der Waals surface area contributed by atoms with Crippen molar-refractivity contribution >= 4 is 17.0 Å². The number of aliphatic carboxylic acids is 1. The predicted octanol–water partition coefficient (Wildman–Crippen LogP) is 5.37. The number of para-hydroxylation sites is 2. The lowest BCUT2D eigenvalue weighted by atomic mass is 9.77. The lowest BCUT2D eigenvalue weighted by molar-refractivity contribution is -0.138. The number of carboxylic acids is 1. The maximum absolute atomic E-state index is 11.3. The van der Waals surface area contributed by atoms with Gasteiger partial charge in [-0.1, -0.05) is 37.8 Å². The van der Waals surface area contributed by atoms with Crippen LogP contribution in [-0.4, -0.2) is 69.2 Å². The van der Waals surface area contributed by atoms with Gasteiger partial charge in [-0.3, -0.25) is 9.69 Å². The van der Waals surface area contributed by atoms with Crippen molar-refractivity contribution in [3.63, 3.8) is 0 Å². The Balaban J connectivity index is 1.15. The lowest BCUT2D eigenvalue weighted by Crippen LogP contribution is -2.45. The van der Waals surface area contributed by atoms with Gasteiger partial charge in [-0.15, -0.1) is 0 Å².